The number of ether oxygens (including phenoxy) is 1. The van der Waals surface area contributed by atoms with Crippen molar-refractivity contribution < 1.29 is 14.3 Å². The molecule has 5 atom stereocenters. The molecule has 36 heavy (non-hydrogen) atoms. The predicted molar refractivity (Wildman–Crippen MR) is 142 cm³/mol. The topological polar surface area (TPSA) is 58.6 Å². The maximum atomic E-state index is 14.0. The molecule has 5 rings (SSSR count). The first-order chi connectivity index (χ1) is 17.3. The Morgan fingerprint density at radius 1 is 1.22 bits per heavy atom. The van der Waals surface area contributed by atoms with Crippen molar-refractivity contribution in [1.82, 2.24) is 5.32 Å². The highest BCUT2D eigenvalue weighted by atomic mass is 35.5. The van der Waals surface area contributed by atoms with Crippen molar-refractivity contribution in [1.29, 1.82) is 0 Å². The summed E-state index contributed by atoms with van der Waals surface area (Å²) in [5.74, 6) is 3.42. The maximum absolute atomic E-state index is 14.0. The molecule has 0 heterocycles. The van der Waals surface area contributed by atoms with Crippen LogP contribution in [0.5, 0.6) is 5.75 Å². The highest BCUT2D eigenvalue weighted by Gasteiger charge is 2.67. The van der Waals surface area contributed by atoms with E-state index in [0.717, 1.165) is 24.3 Å². The molecule has 3 saturated carbocycles. The second-order valence-electron chi connectivity index (χ2n) is 11.2. The number of carbonyl (C=O) groups excluding carboxylic acids is 2. The first kappa shape index (κ1) is 24.7. The van der Waals surface area contributed by atoms with E-state index in [-0.39, 0.29) is 5.91 Å². The summed E-state index contributed by atoms with van der Waals surface area (Å²) in [4.78, 5) is 28.8. The van der Waals surface area contributed by atoms with Gasteiger partial charge in [-0.05, 0) is 90.9 Å². The Hall–Kier alpha value is -2.97. The summed E-state index contributed by atoms with van der Waals surface area (Å²) < 4.78 is 5.31. The molecule has 2 bridgehead atoms. The van der Waals surface area contributed by atoms with Crippen LogP contribution < -0.4 is 15.0 Å². The van der Waals surface area contributed by atoms with E-state index in [1.165, 1.54) is 24.2 Å². The van der Waals surface area contributed by atoms with Crippen molar-refractivity contribution in [3.63, 3.8) is 0 Å². The molecule has 5 unspecified atom stereocenters. The smallest absolute Gasteiger partial charge is 0.303 e. The average molecular weight is 505 g/mol. The van der Waals surface area contributed by atoms with Crippen LogP contribution in [0.15, 0.2) is 48.5 Å². The SMILES string of the molecule is C#CC(=O)N(c1ccc(OC)c(Cl)c1)C(C(=O)NCCc1ccccc1)C1(C)CC2CC3CC3(C2)C1. The minimum atomic E-state index is -0.736. The Morgan fingerprint density at radius 3 is 2.67 bits per heavy atom. The summed E-state index contributed by atoms with van der Waals surface area (Å²) >= 11 is 6.45. The Balaban J connectivity index is 1.49. The van der Waals surface area contributed by atoms with Gasteiger partial charge >= 0.3 is 5.91 Å². The summed E-state index contributed by atoms with van der Waals surface area (Å²) in [5, 5.41) is 3.50. The van der Waals surface area contributed by atoms with Crippen molar-refractivity contribution in [3.05, 3.63) is 59.1 Å². The second kappa shape index (κ2) is 9.48. The molecule has 2 aromatic rings. The first-order valence-electron chi connectivity index (χ1n) is 12.7. The van der Waals surface area contributed by atoms with Crippen molar-refractivity contribution in [2.75, 3.05) is 18.6 Å². The zero-order chi connectivity index (χ0) is 25.5. The van der Waals surface area contributed by atoms with Crippen LogP contribution in [0, 0.1) is 35.0 Å². The predicted octanol–water partition coefficient (Wildman–Crippen LogP) is 5.26. The van der Waals surface area contributed by atoms with Gasteiger partial charge in [0, 0.05) is 12.2 Å². The number of hydrogen-bond donors (Lipinski definition) is 1. The zero-order valence-electron chi connectivity index (χ0n) is 20.9. The molecule has 3 fully saturated rings. The molecule has 0 saturated heterocycles. The summed E-state index contributed by atoms with van der Waals surface area (Å²) in [6.07, 6.45) is 11.9. The monoisotopic (exact) mass is 504 g/mol. The van der Waals surface area contributed by atoms with Crippen LogP contribution in [-0.4, -0.2) is 31.5 Å². The third-order valence-electron chi connectivity index (χ3n) is 8.66. The molecule has 2 aromatic carbocycles. The highest BCUT2D eigenvalue weighted by molar-refractivity contribution is 6.32. The molecule has 0 aliphatic heterocycles. The van der Waals surface area contributed by atoms with Crippen molar-refractivity contribution in [2.45, 2.75) is 51.5 Å². The fraction of sp³-hybridized carbons (Fsp3) is 0.467. The van der Waals surface area contributed by atoms with Crippen molar-refractivity contribution in [3.8, 4) is 18.1 Å². The molecule has 6 heteroatoms. The molecular weight excluding hydrogens is 472 g/mol. The van der Waals surface area contributed by atoms with E-state index in [1.807, 2.05) is 30.3 Å². The van der Waals surface area contributed by atoms with Crippen LogP contribution in [0.3, 0.4) is 0 Å². The van der Waals surface area contributed by atoms with Gasteiger partial charge in [0.2, 0.25) is 5.91 Å². The van der Waals surface area contributed by atoms with E-state index in [4.69, 9.17) is 22.8 Å². The Labute approximate surface area is 218 Å². The minimum Gasteiger partial charge on any atom is -0.495 e. The molecule has 2 amide bonds. The fourth-order valence-corrected chi connectivity index (χ4v) is 7.59. The number of carbonyl (C=O) groups is 2. The molecule has 0 aromatic heterocycles. The quantitative estimate of drug-likeness (QED) is 0.499. The number of methoxy groups -OCH3 is 1. The Morgan fingerprint density at radius 2 is 2.00 bits per heavy atom. The first-order valence-corrected chi connectivity index (χ1v) is 13.1. The van der Waals surface area contributed by atoms with E-state index in [2.05, 4.69) is 18.2 Å². The van der Waals surface area contributed by atoms with Gasteiger partial charge < -0.3 is 10.1 Å². The maximum Gasteiger partial charge on any atom is 0.303 e. The van der Waals surface area contributed by atoms with Gasteiger partial charge in [-0.25, -0.2) is 0 Å². The number of rotatable bonds is 8. The summed E-state index contributed by atoms with van der Waals surface area (Å²) in [5.41, 5.74) is 1.58. The van der Waals surface area contributed by atoms with E-state index in [9.17, 15) is 9.59 Å². The van der Waals surface area contributed by atoms with Crippen LogP contribution in [0.1, 0.15) is 44.6 Å². The molecule has 0 radical (unpaired) electrons. The molecular formula is C30H33ClN2O3. The minimum absolute atomic E-state index is 0.168. The number of terminal acetylenes is 1. The number of benzene rings is 2. The number of halogens is 1. The molecule has 5 nitrogen and oxygen atoms in total. The number of nitrogens with one attached hydrogen (secondary N) is 1. The summed E-state index contributed by atoms with van der Waals surface area (Å²) in [6, 6.07) is 14.4. The van der Waals surface area contributed by atoms with Crippen LogP contribution in [0.25, 0.3) is 0 Å². The number of nitrogens with zero attached hydrogens (tertiary/aromatic N) is 1. The van der Waals surface area contributed by atoms with Gasteiger partial charge in [0.05, 0.1) is 12.1 Å². The molecule has 3 aliphatic rings. The molecule has 1 N–H and O–H groups in total. The van der Waals surface area contributed by atoms with Crippen molar-refractivity contribution in [2.24, 2.45) is 22.7 Å². The van der Waals surface area contributed by atoms with Gasteiger partial charge in [-0.15, -0.1) is 6.42 Å². The second-order valence-corrected chi connectivity index (χ2v) is 11.6. The standard InChI is InChI=1S/C30H33ClN2O3/c1-4-26(34)33(23-10-11-25(36-3)24(31)15-23)27(28(35)32-13-12-20-8-6-5-7-9-20)29(2)16-21-14-22-18-30(22,17-21)19-29/h1,5-11,15,21-22,27H,12-14,16-19H2,2-3H3,(H,32,35). The highest BCUT2D eigenvalue weighted by Crippen LogP contribution is 2.74. The van der Waals surface area contributed by atoms with Gasteiger partial charge in [0.25, 0.3) is 0 Å². The lowest BCUT2D eigenvalue weighted by Gasteiger charge is -2.48. The van der Waals surface area contributed by atoms with Gasteiger partial charge in [-0.3, -0.25) is 14.5 Å². The van der Waals surface area contributed by atoms with E-state index in [0.29, 0.717) is 40.8 Å². The number of amides is 2. The van der Waals surface area contributed by atoms with Gasteiger partial charge in [0.15, 0.2) is 0 Å². The molecule has 188 valence electrons. The van der Waals surface area contributed by atoms with Gasteiger partial charge in [-0.1, -0.05) is 48.9 Å². The number of hydrogen-bond acceptors (Lipinski definition) is 3. The van der Waals surface area contributed by atoms with E-state index < -0.39 is 17.4 Å². The van der Waals surface area contributed by atoms with E-state index >= 15 is 0 Å². The molecule has 1 spiro atoms. The van der Waals surface area contributed by atoms with Crippen molar-refractivity contribution >= 4 is 29.1 Å². The Kier molecular flexibility index (Phi) is 6.51. The van der Waals surface area contributed by atoms with Crippen LogP contribution in [0.2, 0.25) is 5.02 Å². The lowest BCUT2D eigenvalue weighted by atomic mass is 9.63. The summed E-state index contributed by atoms with van der Waals surface area (Å²) in [7, 11) is 1.54. The zero-order valence-corrected chi connectivity index (χ0v) is 21.7. The summed E-state index contributed by atoms with van der Waals surface area (Å²) in [6.45, 7) is 2.65. The third kappa shape index (κ3) is 4.48. The van der Waals surface area contributed by atoms with Gasteiger partial charge in [0.1, 0.15) is 11.8 Å². The van der Waals surface area contributed by atoms with E-state index in [1.54, 1.807) is 25.3 Å². The third-order valence-corrected chi connectivity index (χ3v) is 8.96. The van der Waals surface area contributed by atoms with Gasteiger partial charge in [-0.2, -0.15) is 0 Å². The normalized spacial score (nSPS) is 28.4. The van der Waals surface area contributed by atoms with Crippen LogP contribution in [-0.2, 0) is 16.0 Å². The van der Waals surface area contributed by atoms with Crippen LogP contribution >= 0.6 is 11.6 Å². The lowest BCUT2D eigenvalue weighted by Crippen LogP contribution is -2.59. The average Bonchev–Trinajstić information content (AvgIpc) is 3.41. The number of fused-ring (bicyclic) bond motifs is 1. The van der Waals surface area contributed by atoms with Crippen LogP contribution in [0.4, 0.5) is 5.69 Å². The number of anilines is 1. The molecule has 3 aliphatic carbocycles. The fourth-order valence-electron chi connectivity index (χ4n) is 7.34. The lowest BCUT2D eigenvalue weighted by molar-refractivity contribution is -0.129. The Bertz CT molecular complexity index is 1210. The largest absolute Gasteiger partial charge is 0.495 e.